The number of hydrogen-bond donors (Lipinski definition) is 1. The molecule has 8 heteroatoms. The largest absolute Gasteiger partial charge is 0.334 e. The second-order valence-corrected chi connectivity index (χ2v) is 8.49. The average Bonchev–Trinajstić information content (AvgIpc) is 3.29. The summed E-state index contributed by atoms with van der Waals surface area (Å²) < 4.78 is 0.673. The SMILES string of the molecule is C=CCN(Cc1ccc(Cl)s1)C(=O)CCN1C(=O)NC2(CCCC2)C1=O. The first-order valence-corrected chi connectivity index (χ1v) is 9.91. The summed E-state index contributed by atoms with van der Waals surface area (Å²) in [5.74, 6) is -0.310. The van der Waals surface area contributed by atoms with Gasteiger partial charge >= 0.3 is 6.03 Å². The van der Waals surface area contributed by atoms with Gasteiger partial charge in [-0.1, -0.05) is 30.5 Å². The molecule has 2 aliphatic rings. The number of rotatable bonds is 7. The van der Waals surface area contributed by atoms with Crippen LogP contribution in [-0.4, -0.2) is 46.3 Å². The van der Waals surface area contributed by atoms with Gasteiger partial charge in [0.1, 0.15) is 5.54 Å². The number of nitrogens with one attached hydrogen (secondary N) is 1. The fourth-order valence-electron chi connectivity index (χ4n) is 3.60. The molecule has 1 aliphatic carbocycles. The molecule has 3 rings (SSSR count). The molecule has 1 saturated heterocycles. The molecule has 0 atom stereocenters. The molecule has 140 valence electrons. The molecule has 0 unspecified atom stereocenters. The number of amides is 4. The third-order valence-electron chi connectivity index (χ3n) is 4.93. The molecule has 1 saturated carbocycles. The Morgan fingerprint density at radius 3 is 2.73 bits per heavy atom. The van der Waals surface area contributed by atoms with Gasteiger partial charge in [-0.15, -0.1) is 17.9 Å². The van der Waals surface area contributed by atoms with Crippen LogP contribution in [0.15, 0.2) is 24.8 Å². The number of carbonyl (C=O) groups excluding carboxylic acids is 3. The van der Waals surface area contributed by atoms with Gasteiger partial charge in [-0.25, -0.2) is 4.79 Å². The first-order valence-electron chi connectivity index (χ1n) is 8.72. The van der Waals surface area contributed by atoms with Gasteiger partial charge in [-0.3, -0.25) is 14.5 Å². The quantitative estimate of drug-likeness (QED) is 0.569. The zero-order valence-corrected chi connectivity index (χ0v) is 16.1. The molecule has 26 heavy (non-hydrogen) atoms. The van der Waals surface area contributed by atoms with E-state index >= 15 is 0 Å². The molecule has 1 aromatic rings. The molecule has 0 bridgehead atoms. The van der Waals surface area contributed by atoms with E-state index in [1.165, 1.54) is 16.2 Å². The van der Waals surface area contributed by atoms with Crippen LogP contribution in [0.4, 0.5) is 4.79 Å². The molecular weight excluding hydrogens is 374 g/mol. The second kappa shape index (κ2) is 7.80. The summed E-state index contributed by atoms with van der Waals surface area (Å²) in [5.41, 5.74) is -0.728. The lowest BCUT2D eigenvalue weighted by Gasteiger charge is -2.22. The van der Waals surface area contributed by atoms with Gasteiger partial charge in [0.2, 0.25) is 5.91 Å². The van der Waals surface area contributed by atoms with Gasteiger partial charge in [0.05, 0.1) is 10.9 Å². The number of urea groups is 1. The Bertz CT molecular complexity index is 727. The van der Waals surface area contributed by atoms with Crippen LogP contribution in [0.1, 0.15) is 37.0 Å². The van der Waals surface area contributed by atoms with Crippen molar-refractivity contribution in [3.05, 3.63) is 34.0 Å². The summed E-state index contributed by atoms with van der Waals surface area (Å²) >= 11 is 7.37. The maximum absolute atomic E-state index is 12.6. The van der Waals surface area contributed by atoms with E-state index in [1.54, 1.807) is 17.0 Å². The molecule has 6 nitrogen and oxygen atoms in total. The molecular formula is C18H22ClN3O3S. The molecule has 0 aromatic carbocycles. The van der Waals surface area contributed by atoms with Gasteiger partial charge in [-0.2, -0.15) is 0 Å². The Morgan fingerprint density at radius 1 is 1.38 bits per heavy atom. The maximum Gasteiger partial charge on any atom is 0.325 e. The van der Waals surface area contributed by atoms with Gasteiger partial charge in [0, 0.05) is 24.4 Å². The highest BCUT2D eigenvalue weighted by Crippen LogP contribution is 2.35. The Labute approximate surface area is 161 Å². The summed E-state index contributed by atoms with van der Waals surface area (Å²) in [5, 5.41) is 2.83. The highest BCUT2D eigenvalue weighted by atomic mass is 35.5. The molecule has 0 radical (unpaired) electrons. The molecule has 2 fully saturated rings. The Hall–Kier alpha value is -1.86. The lowest BCUT2D eigenvalue weighted by molar-refractivity contribution is -0.133. The summed E-state index contributed by atoms with van der Waals surface area (Å²) in [6, 6.07) is 3.30. The van der Waals surface area contributed by atoms with E-state index in [-0.39, 0.29) is 30.8 Å². The Kier molecular flexibility index (Phi) is 5.67. The van der Waals surface area contributed by atoms with Crippen LogP contribution in [-0.2, 0) is 16.1 Å². The van der Waals surface area contributed by atoms with Gasteiger partial charge in [0.25, 0.3) is 5.91 Å². The smallest absolute Gasteiger partial charge is 0.325 e. The van der Waals surface area contributed by atoms with Crippen LogP contribution >= 0.6 is 22.9 Å². The van der Waals surface area contributed by atoms with Crippen molar-refractivity contribution in [1.82, 2.24) is 15.1 Å². The number of nitrogens with zero attached hydrogens (tertiary/aromatic N) is 2. The minimum atomic E-state index is -0.728. The summed E-state index contributed by atoms with van der Waals surface area (Å²) in [6.45, 7) is 4.63. The third-order valence-corrected chi connectivity index (χ3v) is 6.15. The summed E-state index contributed by atoms with van der Waals surface area (Å²) in [7, 11) is 0. The maximum atomic E-state index is 12.6. The zero-order valence-electron chi connectivity index (χ0n) is 14.5. The van der Waals surface area contributed by atoms with Crippen molar-refractivity contribution in [2.75, 3.05) is 13.1 Å². The van der Waals surface area contributed by atoms with Crippen LogP contribution < -0.4 is 5.32 Å². The van der Waals surface area contributed by atoms with Crippen LogP contribution in [0.25, 0.3) is 0 Å². The van der Waals surface area contributed by atoms with Gasteiger partial charge in [0.15, 0.2) is 0 Å². The molecule has 1 N–H and O–H groups in total. The van der Waals surface area contributed by atoms with Crippen molar-refractivity contribution in [3.8, 4) is 0 Å². The molecule has 1 aromatic heterocycles. The number of thiophene rings is 1. The van der Waals surface area contributed by atoms with Crippen LogP contribution in [0.2, 0.25) is 4.34 Å². The standard InChI is InChI=1S/C18H22ClN3O3S/c1-2-10-21(12-13-5-6-14(19)26-13)15(23)7-11-22-16(24)18(20-17(22)25)8-3-4-9-18/h2,5-6H,1,3-4,7-12H2,(H,20,25). The van der Waals surface area contributed by atoms with E-state index in [9.17, 15) is 14.4 Å². The fourth-order valence-corrected chi connectivity index (χ4v) is 4.70. The van der Waals surface area contributed by atoms with Crippen molar-refractivity contribution >= 4 is 40.8 Å². The van der Waals surface area contributed by atoms with Crippen molar-refractivity contribution in [3.63, 3.8) is 0 Å². The monoisotopic (exact) mass is 395 g/mol. The minimum absolute atomic E-state index is 0.0994. The van der Waals surface area contributed by atoms with E-state index in [1.807, 2.05) is 6.07 Å². The highest BCUT2D eigenvalue weighted by Gasteiger charge is 2.52. The van der Waals surface area contributed by atoms with Crippen LogP contribution in [0.5, 0.6) is 0 Å². The Morgan fingerprint density at radius 2 is 2.12 bits per heavy atom. The molecule has 4 amide bonds. The fraction of sp³-hybridized carbons (Fsp3) is 0.500. The van der Waals surface area contributed by atoms with Crippen molar-refractivity contribution < 1.29 is 14.4 Å². The first-order chi connectivity index (χ1) is 12.4. The average molecular weight is 396 g/mol. The van der Waals surface area contributed by atoms with E-state index < -0.39 is 5.54 Å². The van der Waals surface area contributed by atoms with Gasteiger partial charge in [-0.05, 0) is 25.0 Å². The lowest BCUT2D eigenvalue weighted by Crippen LogP contribution is -2.44. The van der Waals surface area contributed by atoms with Crippen LogP contribution in [0, 0.1) is 0 Å². The topological polar surface area (TPSA) is 69.7 Å². The second-order valence-electron chi connectivity index (χ2n) is 6.69. The van der Waals surface area contributed by atoms with Crippen molar-refractivity contribution in [1.29, 1.82) is 0 Å². The zero-order chi connectivity index (χ0) is 18.7. The van der Waals surface area contributed by atoms with E-state index in [0.717, 1.165) is 17.7 Å². The van der Waals surface area contributed by atoms with E-state index in [4.69, 9.17) is 11.6 Å². The van der Waals surface area contributed by atoms with Gasteiger partial charge < -0.3 is 10.2 Å². The van der Waals surface area contributed by atoms with Crippen LogP contribution in [0.3, 0.4) is 0 Å². The highest BCUT2D eigenvalue weighted by molar-refractivity contribution is 7.16. The van der Waals surface area contributed by atoms with E-state index in [2.05, 4.69) is 11.9 Å². The third kappa shape index (κ3) is 3.78. The molecule has 1 aliphatic heterocycles. The minimum Gasteiger partial charge on any atom is -0.334 e. The summed E-state index contributed by atoms with van der Waals surface area (Å²) in [6.07, 6.45) is 5.01. The number of carbonyl (C=O) groups is 3. The lowest BCUT2D eigenvalue weighted by atomic mass is 9.98. The molecule has 2 heterocycles. The normalized spacial score (nSPS) is 18.4. The Balaban J connectivity index is 1.60. The number of hydrogen-bond acceptors (Lipinski definition) is 4. The summed E-state index contributed by atoms with van der Waals surface area (Å²) in [4.78, 5) is 41.2. The first kappa shape index (κ1) is 18.9. The molecule has 1 spiro atoms. The van der Waals surface area contributed by atoms with Crippen molar-refractivity contribution in [2.24, 2.45) is 0 Å². The van der Waals surface area contributed by atoms with Crippen molar-refractivity contribution in [2.45, 2.75) is 44.2 Å². The number of halogens is 1. The predicted molar refractivity (Wildman–Crippen MR) is 101 cm³/mol. The predicted octanol–water partition coefficient (Wildman–Crippen LogP) is 3.17. The van der Waals surface area contributed by atoms with E-state index in [0.29, 0.717) is 30.3 Å². The number of imide groups is 1.